The average molecular weight is 424 g/mol. The lowest BCUT2D eigenvalue weighted by atomic mass is 9.93. The van der Waals surface area contributed by atoms with Crippen molar-refractivity contribution in [2.75, 3.05) is 27.3 Å². The normalized spacial score (nSPS) is 19.1. The van der Waals surface area contributed by atoms with E-state index in [0.29, 0.717) is 24.5 Å². The zero-order valence-electron chi connectivity index (χ0n) is 14.8. The second-order valence-electron chi connectivity index (χ2n) is 6.32. The van der Waals surface area contributed by atoms with Gasteiger partial charge in [0.1, 0.15) is 5.76 Å². The van der Waals surface area contributed by atoms with Gasteiger partial charge in [0.05, 0.1) is 32.4 Å². The first-order valence-electron chi connectivity index (χ1n) is 8.46. The molecule has 1 aromatic heterocycles. The van der Waals surface area contributed by atoms with Crippen molar-refractivity contribution in [3.63, 3.8) is 0 Å². The van der Waals surface area contributed by atoms with E-state index in [-0.39, 0.29) is 12.0 Å². The molecule has 140 valence electrons. The van der Waals surface area contributed by atoms with Crippen LogP contribution in [0.2, 0.25) is 0 Å². The Hall–Kier alpha value is -1.99. The molecule has 6 nitrogen and oxygen atoms in total. The second-order valence-corrected chi connectivity index (χ2v) is 7.17. The summed E-state index contributed by atoms with van der Waals surface area (Å²) in [7, 11) is 3.19. The molecule has 26 heavy (non-hydrogen) atoms. The lowest BCUT2D eigenvalue weighted by Crippen LogP contribution is -2.41. The fourth-order valence-corrected chi connectivity index (χ4v) is 4.04. The zero-order chi connectivity index (χ0) is 18.7. The Morgan fingerprint density at radius 2 is 2.08 bits per heavy atom. The summed E-state index contributed by atoms with van der Waals surface area (Å²) in [5, 5.41) is 9.45. The maximum absolute atomic E-state index is 11.5. The van der Waals surface area contributed by atoms with Gasteiger partial charge < -0.3 is 19.0 Å². The molecule has 3 rings (SSSR count). The molecule has 1 aromatic carbocycles. The summed E-state index contributed by atoms with van der Waals surface area (Å²) in [5.41, 5.74) is 0.948. The second kappa shape index (κ2) is 8.14. The predicted octanol–water partition coefficient (Wildman–Crippen LogP) is 3.95. The number of hydrogen-bond donors (Lipinski definition) is 1. The van der Waals surface area contributed by atoms with Crippen LogP contribution in [-0.4, -0.2) is 43.3 Å². The number of furan rings is 1. The Balaban J connectivity index is 2.04. The molecular weight excluding hydrogens is 402 g/mol. The zero-order valence-corrected chi connectivity index (χ0v) is 16.4. The number of carboxylic acid groups (broad SMARTS) is 1. The van der Waals surface area contributed by atoms with Crippen LogP contribution in [0.3, 0.4) is 0 Å². The SMILES string of the molecule is COc1cc(Br)c(C(c2ccco2)N2CCCC(C(=O)O)C2)cc1OC. The van der Waals surface area contributed by atoms with E-state index in [1.165, 1.54) is 0 Å². The minimum atomic E-state index is -0.751. The summed E-state index contributed by atoms with van der Waals surface area (Å²) in [6.45, 7) is 1.28. The van der Waals surface area contributed by atoms with Crippen molar-refractivity contribution in [2.24, 2.45) is 5.92 Å². The summed E-state index contributed by atoms with van der Waals surface area (Å²) in [6.07, 6.45) is 3.17. The molecule has 1 fully saturated rings. The number of hydrogen-bond acceptors (Lipinski definition) is 5. The van der Waals surface area contributed by atoms with Crippen LogP contribution < -0.4 is 9.47 Å². The minimum Gasteiger partial charge on any atom is -0.493 e. The Bertz CT molecular complexity index is 762. The van der Waals surface area contributed by atoms with E-state index >= 15 is 0 Å². The van der Waals surface area contributed by atoms with E-state index in [1.807, 2.05) is 24.3 Å². The number of ether oxygens (including phenoxy) is 2. The molecule has 2 heterocycles. The van der Waals surface area contributed by atoms with Gasteiger partial charge in [-0.25, -0.2) is 0 Å². The van der Waals surface area contributed by atoms with Gasteiger partial charge >= 0.3 is 5.97 Å². The van der Waals surface area contributed by atoms with Crippen molar-refractivity contribution >= 4 is 21.9 Å². The first-order valence-corrected chi connectivity index (χ1v) is 9.26. The third kappa shape index (κ3) is 3.73. The summed E-state index contributed by atoms with van der Waals surface area (Å²) in [4.78, 5) is 13.7. The van der Waals surface area contributed by atoms with Gasteiger partial charge in [-0.3, -0.25) is 9.69 Å². The van der Waals surface area contributed by atoms with Crippen LogP contribution in [0.1, 0.15) is 30.2 Å². The molecule has 2 atom stereocenters. The number of nitrogens with zero attached hydrogens (tertiary/aromatic N) is 1. The molecule has 0 radical (unpaired) electrons. The first kappa shape index (κ1) is 18.8. The van der Waals surface area contributed by atoms with Crippen molar-refractivity contribution in [3.8, 4) is 11.5 Å². The van der Waals surface area contributed by atoms with Gasteiger partial charge in [0, 0.05) is 11.0 Å². The molecule has 0 spiro atoms. The van der Waals surface area contributed by atoms with E-state index in [0.717, 1.165) is 28.8 Å². The highest BCUT2D eigenvalue weighted by Gasteiger charge is 2.34. The van der Waals surface area contributed by atoms with Crippen LogP contribution in [0, 0.1) is 5.92 Å². The number of methoxy groups -OCH3 is 2. The van der Waals surface area contributed by atoms with E-state index in [2.05, 4.69) is 20.8 Å². The van der Waals surface area contributed by atoms with Gasteiger partial charge in [0.25, 0.3) is 0 Å². The number of likely N-dealkylation sites (tertiary alicyclic amines) is 1. The van der Waals surface area contributed by atoms with E-state index in [4.69, 9.17) is 13.9 Å². The summed E-state index contributed by atoms with van der Waals surface area (Å²) < 4.78 is 17.4. The third-order valence-electron chi connectivity index (χ3n) is 4.78. The van der Waals surface area contributed by atoms with Gasteiger partial charge in [0.2, 0.25) is 0 Å². The monoisotopic (exact) mass is 423 g/mol. The summed E-state index contributed by atoms with van der Waals surface area (Å²) >= 11 is 3.63. The first-order chi connectivity index (χ1) is 12.5. The lowest BCUT2D eigenvalue weighted by molar-refractivity contribution is -0.143. The van der Waals surface area contributed by atoms with Crippen LogP contribution in [0.15, 0.2) is 39.4 Å². The average Bonchev–Trinajstić information content (AvgIpc) is 3.17. The summed E-state index contributed by atoms with van der Waals surface area (Å²) in [6, 6.07) is 7.33. The van der Waals surface area contributed by atoms with Crippen molar-refractivity contribution in [1.82, 2.24) is 4.90 Å². The molecule has 2 unspecified atom stereocenters. The maximum atomic E-state index is 11.5. The van der Waals surface area contributed by atoms with Crippen LogP contribution in [0.4, 0.5) is 0 Å². The topological polar surface area (TPSA) is 72.1 Å². The Kier molecular flexibility index (Phi) is 5.88. The quantitative estimate of drug-likeness (QED) is 0.758. The molecule has 1 aliphatic rings. The van der Waals surface area contributed by atoms with Gasteiger partial charge in [-0.15, -0.1) is 0 Å². The molecule has 0 saturated carbocycles. The Morgan fingerprint density at radius 3 is 2.69 bits per heavy atom. The molecule has 1 saturated heterocycles. The fraction of sp³-hybridized carbons (Fsp3) is 0.421. The highest BCUT2D eigenvalue weighted by molar-refractivity contribution is 9.10. The van der Waals surface area contributed by atoms with Crippen LogP contribution in [0.5, 0.6) is 11.5 Å². The molecule has 0 amide bonds. The smallest absolute Gasteiger partial charge is 0.307 e. The maximum Gasteiger partial charge on any atom is 0.307 e. The van der Waals surface area contributed by atoms with Crippen LogP contribution in [0.25, 0.3) is 0 Å². The lowest BCUT2D eigenvalue weighted by Gasteiger charge is -2.36. The molecule has 1 aliphatic heterocycles. The molecule has 0 bridgehead atoms. The van der Waals surface area contributed by atoms with E-state index in [1.54, 1.807) is 20.5 Å². The highest BCUT2D eigenvalue weighted by atomic mass is 79.9. The van der Waals surface area contributed by atoms with Gasteiger partial charge in [-0.05, 0) is 49.2 Å². The predicted molar refractivity (Wildman–Crippen MR) is 99.7 cm³/mol. The molecule has 0 aliphatic carbocycles. The number of benzene rings is 1. The molecular formula is C19H22BrNO5. The van der Waals surface area contributed by atoms with Crippen LogP contribution in [-0.2, 0) is 4.79 Å². The van der Waals surface area contributed by atoms with Crippen molar-refractivity contribution in [3.05, 3.63) is 46.3 Å². The number of aliphatic carboxylic acids is 1. The summed E-state index contributed by atoms with van der Waals surface area (Å²) in [5.74, 6) is 0.890. The van der Waals surface area contributed by atoms with Gasteiger partial charge in [0.15, 0.2) is 11.5 Å². The minimum absolute atomic E-state index is 0.207. The molecule has 7 heteroatoms. The highest BCUT2D eigenvalue weighted by Crippen LogP contribution is 2.41. The standard InChI is InChI=1S/C19H22BrNO5/c1-24-16-9-13(14(20)10-17(16)25-2)18(15-6-4-8-26-15)21-7-3-5-12(11-21)19(22)23/h4,6,8-10,12,18H,3,5,7,11H2,1-2H3,(H,22,23). The third-order valence-corrected chi connectivity index (χ3v) is 5.46. The number of carbonyl (C=O) groups is 1. The van der Waals surface area contributed by atoms with E-state index < -0.39 is 5.97 Å². The Labute approximate surface area is 160 Å². The Morgan fingerprint density at radius 1 is 1.35 bits per heavy atom. The number of piperidine rings is 1. The largest absolute Gasteiger partial charge is 0.493 e. The van der Waals surface area contributed by atoms with Crippen molar-refractivity contribution < 1.29 is 23.8 Å². The number of carboxylic acids is 1. The molecule has 2 aromatic rings. The fourth-order valence-electron chi connectivity index (χ4n) is 3.50. The van der Waals surface area contributed by atoms with E-state index in [9.17, 15) is 9.90 Å². The van der Waals surface area contributed by atoms with Crippen molar-refractivity contribution in [1.29, 1.82) is 0 Å². The van der Waals surface area contributed by atoms with Gasteiger partial charge in [-0.1, -0.05) is 15.9 Å². The number of rotatable bonds is 6. The van der Waals surface area contributed by atoms with Crippen LogP contribution >= 0.6 is 15.9 Å². The number of halogens is 1. The molecule has 1 N–H and O–H groups in total. The van der Waals surface area contributed by atoms with Crippen molar-refractivity contribution in [2.45, 2.75) is 18.9 Å². The van der Waals surface area contributed by atoms with Gasteiger partial charge in [-0.2, -0.15) is 0 Å².